The molecule has 6 heteroatoms. The molecule has 0 fully saturated rings. The van der Waals surface area contributed by atoms with Crippen molar-refractivity contribution in [3.63, 3.8) is 0 Å². The summed E-state index contributed by atoms with van der Waals surface area (Å²) < 4.78 is 10.7. The fourth-order valence-corrected chi connectivity index (χ4v) is 2.09. The molecule has 1 aromatic heterocycles. The Morgan fingerprint density at radius 2 is 2.19 bits per heavy atom. The van der Waals surface area contributed by atoms with Crippen molar-refractivity contribution in [3.8, 4) is 5.75 Å². The maximum atomic E-state index is 11.2. The summed E-state index contributed by atoms with van der Waals surface area (Å²) in [4.78, 5) is 10.8. The third kappa shape index (κ3) is 3.53. The molecular weight excluding hydrogens is 272 g/mol. The molecule has 1 unspecified atom stereocenters. The summed E-state index contributed by atoms with van der Waals surface area (Å²) in [5.41, 5.74) is 0.442. The SMILES string of the molecule is CCOc1ccc(NC(CC)c2ccco2)c([N+](=O)[O-])c1. The standard InChI is InChI=1S/C15H18N2O4/c1-3-12(15-6-5-9-21-15)16-13-8-7-11(20-4-2)10-14(13)17(18)19/h5-10,12,16H,3-4H2,1-2H3. The third-order valence-electron chi connectivity index (χ3n) is 3.10. The smallest absolute Gasteiger partial charge is 0.296 e. The Kier molecular flexibility index (Phi) is 4.81. The van der Waals surface area contributed by atoms with Gasteiger partial charge in [0.05, 0.1) is 29.9 Å². The quantitative estimate of drug-likeness (QED) is 0.612. The lowest BCUT2D eigenvalue weighted by molar-refractivity contribution is -0.384. The van der Waals surface area contributed by atoms with E-state index >= 15 is 0 Å². The van der Waals surface area contributed by atoms with Crippen molar-refractivity contribution in [2.75, 3.05) is 11.9 Å². The van der Waals surface area contributed by atoms with Crippen LogP contribution in [-0.2, 0) is 0 Å². The van der Waals surface area contributed by atoms with Gasteiger partial charge in [-0.3, -0.25) is 10.1 Å². The second kappa shape index (κ2) is 6.78. The summed E-state index contributed by atoms with van der Waals surface area (Å²) in [7, 11) is 0. The van der Waals surface area contributed by atoms with E-state index < -0.39 is 4.92 Å². The lowest BCUT2D eigenvalue weighted by Crippen LogP contribution is -2.10. The van der Waals surface area contributed by atoms with E-state index in [4.69, 9.17) is 9.15 Å². The van der Waals surface area contributed by atoms with Crippen molar-refractivity contribution >= 4 is 11.4 Å². The van der Waals surface area contributed by atoms with Gasteiger partial charge in [0.15, 0.2) is 0 Å². The van der Waals surface area contributed by atoms with E-state index in [1.165, 1.54) is 6.07 Å². The van der Waals surface area contributed by atoms with Crippen LogP contribution in [0.1, 0.15) is 32.1 Å². The van der Waals surface area contributed by atoms with Crippen molar-refractivity contribution in [3.05, 3.63) is 52.5 Å². The van der Waals surface area contributed by atoms with Gasteiger partial charge in [-0.1, -0.05) is 6.92 Å². The highest BCUT2D eigenvalue weighted by atomic mass is 16.6. The van der Waals surface area contributed by atoms with Gasteiger partial charge in [0.25, 0.3) is 5.69 Å². The van der Waals surface area contributed by atoms with Gasteiger partial charge in [0.1, 0.15) is 17.2 Å². The van der Waals surface area contributed by atoms with Crippen LogP contribution in [0, 0.1) is 10.1 Å². The van der Waals surface area contributed by atoms with Crippen LogP contribution in [0.15, 0.2) is 41.0 Å². The van der Waals surface area contributed by atoms with Crippen molar-refractivity contribution in [1.29, 1.82) is 0 Å². The Morgan fingerprint density at radius 1 is 1.38 bits per heavy atom. The summed E-state index contributed by atoms with van der Waals surface area (Å²) in [6.45, 7) is 4.29. The van der Waals surface area contributed by atoms with E-state index in [2.05, 4.69) is 5.32 Å². The number of hydrogen-bond acceptors (Lipinski definition) is 5. The van der Waals surface area contributed by atoms with Crippen LogP contribution in [0.5, 0.6) is 5.75 Å². The Balaban J connectivity index is 2.28. The number of benzene rings is 1. The van der Waals surface area contributed by atoms with Crippen molar-refractivity contribution in [2.45, 2.75) is 26.3 Å². The van der Waals surface area contributed by atoms with E-state index in [-0.39, 0.29) is 11.7 Å². The predicted molar refractivity (Wildman–Crippen MR) is 79.6 cm³/mol. The number of ether oxygens (including phenoxy) is 1. The molecule has 0 radical (unpaired) electrons. The third-order valence-corrected chi connectivity index (χ3v) is 3.10. The Morgan fingerprint density at radius 3 is 2.76 bits per heavy atom. The molecule has 0 aliphatic carbocycles. The largest absolute Gasteiger partial charge is 0.494 e. The van der Waals surface area contributed by atoms with E-state index in [1.807, 2.05) is 19.9 Å². The topological polar surface area (TPSA) is 77.5 Å². The molecule has 112 valence electrons. The number of hydrogen-bond donors (Lipinski definition) is 1. The summed E-state index contributed by atoms with van der Waals surface area (Å²) in [6.07, 6.45) is 2.34. The zero-order valence-corrected chi connectivity index (χ0v) is 12.0. The second-order valence-electron chi connectivity index (χ2n) is 4.49. The molecule has 0 spiro atoms. The van der Waals surface area contributed by atoms with E-state index in [1.54, 1.807) is 24.5 Å². The second-order valence-corrected chi connectivity index (χ2v) is 4.49. The summed E-state index contributed by atoms with van der Waals surface area (Å²) in [5, 5.41) is 14.4. The van der Waals surface area contributed by atoms with E-state index in [0.717, 1.165) is 12.2 Å². The Bertz CT molecular complexity index is 596. The molecule has 21 heavy (non-hydrogen) atoms. The molecule has 1 aromatic carbocycles. The lowest BCUT2D eigenvalue weighted by atomic mass is 10.1. The number of nitrogens with one attached hydrogen (secondary N) is 1. The van der Waals surface area contributed by atoms with E-state index in [0.29, 0.717) is 18.0 Å². The first-order valence-corrected chi connectivity index (χ1v) is 6.86. The van der Waals surface area contributed by atoms with Crippen molar-refractivity contribution in [2.24, 2.45) is 0 Å². The zero-order chi connectivity index (χ0) is 15.2. The molecule has 0 aliphatic rings. The average Bonchev–Trinajstić information content (AvgIpc) is 3.00. The number of furan rings is 1. The van der Waals surface area contributed by atoms with E-state index in [9.17, 15) is 10.1 Å². The van der Waals surface area contributed by atoms with Gasteiger partial charge in [-0.2, -0.15) is 0 Å². The number of nitrogens with zero attached hydrogens (tertiary/aromatic N) is 1. The maximum absolute atomic E-state index is 11.2. The first-order valence-electron chi connectivity index (χ1n) is 6.86. The molecule has 0 saturated heterocycles. The fraction of sp³-hybridized carbons (Fsp3) is 0.333. The summed E-state index contributed by atoms with van der Waals surface area (Å²) >= 11 is 0. The van der Waals surface area contributed by atoms with Gasteiger partial charge >= 0.3 is 0 Å². The van der Waals surface area contributed by atoms with Gasteiger partial charge in [0.2, 0.25) is 0 Å². The highest BCUT2D eigenvalue weighted by molar-refractivity contribution is 5.64. The predicted octanol–water partition coefficient (Wildman–Crippen LogP) is 4.15. The van der Waals surface area contributed by atoms with Crippen molar-refractivity contribution < 1.29 is 14.1 Å². The highest BCUT2D eigenvalue weighted by Crippen LogP contribution is 2.32. The molecule has 1 heterocycles. The molecule has 2 aromatic rings. The minimum Gasteiger partial charge on any atom is -0.494 e. The first-order chi connectivity index (χ1) is 10.2. The van der Waals surface area contributed by atoms with Gasteiger partial charge in [-0.15, -0.1) is 0 Å². The number of anilines is 1. The zero-order valence-electron chi connectivity index (χ0n) is 12.0. The number of rotatable bonds is 7. The maximum Gasteiger partial charge on any atom is 0.296 e. The lowest BCUT2D eigenvalue weighted by Gasteiger charge is -2.16. The molecule has 6 nitrogen and oxygen atoms in total. The molecule has 0 aliphatic heterocycles. The first kappa shape index (κ1) is 14.9. The number of nitro benzene ring substituents is 1. The highest BCUT2D eigenvalue weighted by Gasteiger charge is 2.19. The number of nitro groups is 1. The van der Waals surface area contributed by atoms with Crippen LogP contribution < -0.4 is 10.1 Å². The molecular formula is C15H18N2O4. The molecule has 2 rings (SSSR count). The monoisotopic (exact) mass is 290 g/mol. The van der Waals surface area contributed by atoms with Crippen LogP contribution in [0.2, 0.25) is 0 Å². The van der Waals surface area contributed by atoms with Crippen LogP contribution in [-0.4, -0.2) is 11.5 Å². The van der Waals surface area contributed by atoms with Gasteiger partial charge in [-0.05, 0) is 37.6 Å². The summed E-state index contributed by atoms with van der Waals surface area (Å²) in [6, 6.07) is 8.34. The fourth-order valence-electron chi connectivity index (χ4n) is 2.09. The molecule has 1 N–H and O–H groups in total. The van der Waals surface area contributed by atoms with Gasteiger partial charge < -0.3 is 14.5 Å². The summed E-state index contributed by atoms with van der Waals surface area (Å²) in [5.74, 6) is 1.24. The normalized spacial score (nSPS) is 11.9. The van der Waals surface area contributed by atoms with Crippen LogP contribution in [0.3, 0.4) is 0 Å². The molecule has 1 atom stereocenters. The van der Waals surface area contributed by atoms with Crippen LogP contribution >= 0.6 is 0 Å². The van der Waals surface area contributed by atoms with Crippen LogP contribution in [0.4, 0.5) is 11.4 Å². The average molecular weight is 290 g/mol. The van der Waals surface area contributed by atoms with Crippen molar-refractivity contribution in [1.82, 2.24) is 0 Å². The Labute approximate surface area is 122 Å². The molecule has 0 bridgehead atoms. The molecule has 0 saturated carbocycles. The van der Waals surface area contributed by atoms with Crippen LogP contribution in [0.25, 0.3) is 0 Å². The van der Waals surface area contributed by atoms with Gasteiger partial charge in [0, 0.05) is 0 Å². The Hall–Kier alpha value is -2.50. The minimum absolute atomic E-state index is 0.00837. The molecule has 0 amide bonds. The van der Waals surface area contributed by atoms with Gasteiger partial charge in [-0.25, -0.2) is 0 Å². The minimum atomic E-state index is -0.417.